The van der Waals surface area contributed by atoms with Gasteiger partial charge in [-0.1, -0.05) is 6.07 Å². The monoisotopic (exact) mass is 407 g/mol. The minimum Gasteiger partial charge on any atom is -0.468 e. The molecule has 0 bridgehead atoms. The van der Waals surface area contributed by atoms with E-state index in [1.165, 1.54) is 56.5 Å². The lowest BCUT2D eigenvalue weighted by atomic mass is 10.2. The van der Waals surface area contributed by atoms with Crippen LogP contribution in [-0.2, 0) is 19.6 Å². The third kappa shape index (κ3) is 4.82. The van der Waals surface area contributed by atoms with Crippen molar-refractivity contribution >= 4 is 33.3 Å². The van der Waals surface area contributed by atoms with Crippen LogP contribution in [0.1, 0.15) is 15.9 Å². The van der Waals surface area contributed by atoms with Crippen molar-refractivity contribution in [2.75, 3.05) is 18.4 Å². The maximum Gasteiger partial charge on any atom is 0.325 e. The smallest absolute Gasteiger partial charge is 0.325 e. The van der Waals surface area contributed by atoms with E-state index in [1.807, 2.05) is 0 Å². The predicted molar refractivity (Wildman–Crippen MR) is 99.4 cm³/mol. The summed E-state index contributed by atoms with van der Waals surface area (Å²) in [5.41, 5.74) is 0.0770. The molecule has 0 spiro atoms. The molecule has 0 atom stereocenters. The molecule has 2 N–H and O–H groups in total. The summed E-state index contributed by atoms with van der Waals surface area (Å²) >= 11 is 0. The van der Waals surface area contributed by atoms with E-state index >= 15 is 0 Å². The number of nitrogens with zero attached hydrogens (tertiary/aromatic N) is 1. The van der Waals surface area contributed by atoms with Crippen LogP contribution in [0, 0.1) is 17.0 Å². The summed E-state index contributed by atoms with van der Waals surface area (Å²) in [6, 6.07) is 9.22. The maximum atomic E-state index is 12.6. The van der Waals surface area contributed by atoms with Crippen molar-refractivity contribution in [3.05, 3.63) is 63.7 Å². The molecule has 148 valence electrons. The Morgan fingerprint density at radius 3 is 2.36 bits per heavy atom. The quantitative estimate of drug-likeness (QED) is 0.403. The van der Waals surface area contributed by atoms with Gasteiger partial charge in [0.15, 0.2) is 0 Å². The van der Waals surface area contributed by atoms with E-state index in [0.29, 0.717) is 0 Å². The summed E-state index contributed by atoms with van der Waals surface area (Å²) in [6.07, 6.45) is 0. The van der Waals surface area contributed by atoms with Crippen molar-refractivity contribution < 1.29 is 27.7 Å². The standard InChI is InChI=1S/C17H17N3O7S/c1-11-14(20(23)24)4-3-5-15(11)28(25,26)19-13-8-6-12(7-9-13)17(22)18-10-16(21)27-2/h3-9,19H,10H2,1-2H3,(H,18,22). The van der Waals surface area contributed by atoms with Crippen LogP contribution in [0.15, 0.2) is 47.4 Å². The number of amides is 1. The van der Waals surface area contributed by atoms with Crippen molar-refractivity contribution in [3.63, 3.8) is 0 Å². The molecule has 11 heteroatoms. The van der Waals surface area contributed by atoms with Gasteiger partial charge in [-0.15, -0.1) is 0 Å². The number of hydrogen-bond acceptors (Lipinski definition) is 7. The number of benzene rings is 2. The SMILES string of the molecule is COC(=O)CNC(=O)c1ccc(NS(=O)(=O)c2cccc([N+](=O)[O-])c2C)cc1. The van der Waals surface area contributed by atoms with E-state index in [2.05, 4.69) is 14.8 Å². The molecular weight excluding hydrogens is 390 g/mol. The van der Waals surface area contributed by atoms with Crippen molar-refractivity contribution in [1.82, 2.24) is 5.32 Å². The number of esters is 1. The molecule has 0 heterocycles. The number of carbonyl (C=O) groups excluding carboxylic acids is 2. The molecule has 0 unspecified atom stereocenters. The van der Waals surface area contributed by atoms with Crippen LogP contribution >= 0.6 is 0 Å². The maximum absolute atomic E-state index is 12.6. The number of nitrogens with one attached hydrogen (secondary N) is 2. The van der Waals surface area contributed by atoms with E-state index in [9.17, 15) is 28.1 Å². The van der Waals surface area contributed by atoms with Crippen LogP contribution < -0.4 is 10.0 Å². The second-order valence-corrected chi connectivity index (χ2v) is 7.25. The number of sulfonamides is 1. The Balaban J connectivity index is 2.17. The van der Waals surface area contributed by atoms with Gasteiger partial charge in [0.2, 0.25) is 0 Å². The van der Waals surface area contributed by atoms with Crippen molar-refractivity contribution in [1.29, 1.82) is 0 Å². The molecule has 0 aliphatic rings. The molecule has 1 amide bonds. The lowest BCUT2D eigenvalue weighted by Gasteiger charge is -2.11. The zero-order valence-corrected chi connectivity index (χ0v) is 15.8. The third-order valence-corrected chi connectivity index (χ3v) is 5.29. The number of rotatable bonds is 7. The zero-order chi connectivity index (χ0) is 20.9. The van der Waals surface area contributed by atoms with Crippen molar-refractivity contribution in [2.45, 2.75) is 11.8 Å². The summed E-state index contributed by atoms with van der Waals surface area (Å²) in [7, 11) is -2.88. The Bertz CT molecular complexity index is 1020. The van der Waals surface area contributed by atoms with E-state index in [0.717, 1.165) is 0 Å². The van der Waals surface area contributed by atoms with E-state index in [-0.39, 0.29) is 33.9 Å². The summed E-state index contributed by atoms with van der Waals surface area (Å²) < 4.78 is 31.8. The minimum atomic E-state index is -4.07. The van der Waals surface area contributed by atoms with Crippen molar-refractivity contribution in [2.24, 2.45) is 0 Å². The molecule has 28 heavy (non-hydrogen) atoms. The van der Waals surface area contributed by atoms with Gasteiger partial charge >= 0.3 is 5.97 Å². The number of nitro benzene ring substituents is 1. The average molecular weight is 407 g/mol. The van der Waals surface area contributed by atoms with Crippen LogP contribution in [-0.4, -0.2) is 38.9 Å². The van der Waals surface area contributed by atoms with Gasteiger partial charge in [-0.05, 0) is 37.3 Å². The van der Waals surface area contributed by atoms with Gasteiger partial charge in [0, 0.05) is 22.9 Å². The number of carbonyl (C=O) groups is 2. The van der Waals surface area contributed by atoms with Crippen LogP contribution in [0.4, 0.5) is 11.4 Å². The Morgan fingerprint density at radius 1 is 1.14 bits per heavy atom. The number of methoxy groups -OCH3 is 1. The molecule has 2 aromatic rings. The Labute approximate surface area is 160 Å². The molecular formula is C17H17N3O7S. The fraction of sp³-hybridized carbons (Fsp3) is 0.176. The third-order valence-electron chi connectivity index (χ3n) is 3.76. The minimum absolute atomic E-state index is 0.0128. The highest BCUT2D eigenvalue weighted by Gasteiger charge is 2.23. The molecule has 0 fully saturated rings. The van der Waals surface area contributed by atoms with Crippen LogP contribution in [0.2, 0.25) is 0 Å². The highest BCUT2D eigenvalue weighted by atomic mass is 32.2. The van der Waals surface area contributed by atoms with E-state index < -0.39 is 26.8 Å². The molecule has 0 saturated heterocycles. The van der Waals surface area contributed by atoms with Gasteiger partial charge in [-0.2, -0.15) is 0 Å². The summed E-state index contributed by atoms with van der Waals surface area (Å²) in [5, 5.41) is 13.4. The van der Waals surface area contributed by atoms with Crippen LogP contribution in [0.5, 0.6) is 0 Å². The first kappa shape index (κ1) is 20.8. The largest absolute Gasteiger partial charge is 0.468 e. The van der Waals surface area contributed by atoms with Gasteiger partial charge in [-0.25, -0.2) is 8.42 Å². The van der Waals surface area contributed by atoms with Crippen LogP contribution in [0.25, 0.3) is 0 Å². The summed E-state index contributed by atoms with van der Waals surface area (Å²) in [5.74, 6) is -1.14. The topological polar surface area (TPSA) is 145 Å². The van der Waals surface area contributed by atoms with Gasteiger partial charge in [-0.3, -0.25) is 24.4 Å². The fourth-order valence-corrected chi connectivity index (χ4v) is 3.64. The zero-order valence-electron chi connectivity index (χ0n) is 15.0. The Kier molecular flexibility index (Phi) is 6.31. The van der Waals surface area contributed by atoms with E-state index in [4.69, 9.17) is 0 Å². The molecule has 0 aliphatic carbocycles. The summed E-state index contributed by atoms with van der Waals surface area (Å²) in [6.45, 7) is 1.05. The van der Waals surface area contributed by atoms with Gasteiger partial charge in [0.1, 0.15) is 6.54 Å². The Hall–Kier alpha value is -3.47. The normalized spacial score (nSPS) is 10.8. The number of hydrogen-bond donors (Lipinski definition) is 2. The lowest BCUT2D eigenvalue weighted by molar-refractivity contribution is -0.385. The molecule has 2 rings (SSSR count). The number of nitro groups is 1. The Morgan fingerprint density at radius 2 is 1.79 bits per heavy atom. The number of ether oxygens (including phenoxy) is 1. The van der Waals surface area contributed by atoms with Gasteiger partial charge in [0.25, 0.3) is 21.6 Å². The average Bonchev–Trinajstić information content (AvgIpc) is 2.65. The second-order valence-electron chi connectivity index (χ2n) is 5.60. The highest BCUT2D eigenvalue weighted by Crippen LogP contribution is 2.26. The van der Waals surface area contributed by atoms with Gasteiger partial charge in [0.05, 0.1) is 16.9 Å². The van der Waals surface area contributed by atoms with Crippen molar-refractivity contribution in [3.8, 4) is 0 Å². The first-order chi connectivity index (χ1) is 13.2. The van der Waals surface area contributed by atoms with Gasteiger partial charge < -0.3 is 10.1 Å². The molecule has 10 nitrogen and oxygen atoms in total. The van der Waals surface area contributed by atoms with E-state index in [1.54, 1.807) is 0 Å². The number of anilines is 1. The predicted octanol–water partition coefficient (Wildman–Crippen LogP) is 1.61. The lowest BCUT2D eigenvalue weighted by Crippen LogP contribution is -2.30. The fourth-order valence-electron chi connectivity index (χ4n) is 2.32. The first-order valence-electron chi connectivity index (χ1n) is 7.87. The second kappa shape index (κ2) is 8.48. The molecule has 0 aliphatic heterocycles. The van der Waals surface area contributed by atoms with Crippen LogP contribution in [0.3, 0.4) is 0 Å². The highest BCUT2D eigenvalue weighted by molar-refractivity contribution is 7.92. The first-order valence-corrected chi connectivity index (χ1v) is 9.36. The molecule has 2 aromatic carbocycles. The summed E-state index contributed by atoms with van der Waals surface area (Å²) in [4.78, 5) is 33.1. The molecule has 0 aromatic heterocycles. The molecule has 0 radical (unpaired) electrons. The molecule has 0 saturated carbocycles.